The van der Waals surface area contributed by atoms with Crippen molar-refractivity contribution >= 4 is 11.8 Å². The van der Waals surface area contributed by atoms with Gasteiger partial charge in [-0.05, 0) is 31.2 Å². The van der Waals surface area contributed by atoms with Crippen molar-refractivity contribution in [3.05, 3.63) is 23.8 Å². The molecule has 1 heterocycles. The van der Waals surface area contributed by atoms with Crippen molar-refractivity contribution in [2.24, 2.45) is 5.73 Å². The number of benzene rings is 1. The monoisotopic (exact) mass is 293 g/mol. The highest BCUT2D eigenvalue weighted by Crippen LogP contribution is 2.27. The number of carbonyl (C=O) groups is 2. The molecule has 1 fully saturated rings. The zero-order valence-electron chi connectivity index (χ0n) is 11.8. The summed E-state index contributed by atoms with van der Waals surface area (Å²) in [6.07, 6.45) is 0.765. The number of primary amides is 1. The van der Waals surface area contributed by atoms with Gasteiger partial charge in [0.05, 0.1) is 13.7 Å². The first-order valence-electron chi connectivity index (χ1n) is 6.70. The normalized spacial score (nSPS) is 17.5. The van der Waals surface area contributed by atoms with E-state index in [1.165, 1.54) is 24.1 Å². The summed E-state index contributed by atoms with van der Waals surface area (Å²) >= 11 is 0. The number of nitrogens with two attached hydrogens (primary N) is 1. The Labute approximate surface area is 122 Å². The van der Waals surface area contributed by atoms with Crippen molar-refractivity contribution in [3.63, 3.8) is 0 Å². The number of amides is 2. The molecule has 1 atom stereocenters. The van der Waals surface area contributed by atoms with Gasteiger partial charge >= 0.3 is 0 Å². The molecule has 4 N–H and O–H groups in total. The van der Waals surface area contributed by atoms with Crippen LogP contribution in [0.3, 0.4) is 0 Å². The third-order valence-electron chi connectivity index (χ3n) is 3.49. The number of carbonyl (C=O) groups excluding carboxylic acids is 2. The van der Waals surface area contributed by atoms with Crippen molar-refractivity contribution in [2.45, 2.75) is 12.5 Å². The van der Waals surface area contributed by atoms with E-state index < -0.39 is 5.91 Å². The van der Waals surface area contributed by atoms with Gasteiger partial charge in [0.25, 0.3) is 5.91 Å². The predicted molar refractivity (Wildman–Crippen MR) is 76.2 cm³/mol. The molecule has 0 spiro atoms. The highest BCUT2D eigenvalue weighted by molar-refractivity contribution is 5.97. The summed E-state index contributed by atoms with van der Waals surface area (Å²) in [5, 5.41) is 12.9. The molecule has 0 aliphatic carbocycles. The number of rotatable bonds is 5. The van der Waals surface area contributed by atoms with Crippen LogP contribution in [0.4, 0.5) is 0 Å². The standard InChI is InChI=1S/C14H19N3O4/c1-21-12-3-2-9(6-11(12)18)14(20)17(8-13(15)19)10-4-5-16-7-10/h2-3,6,10,16,18H,4-5,7-8H2,1H3,(H2,15,19). The number of phenolic OH excluding ortho intramolecular Hbond substituents is 1. The Morgan fingerprint density at radius 3 is 2.81 bits per heavy atom. The number of hydrogen-bond donors (Lipinski definition) is 3. The summed E-state index contributed by atoms with van der Waals surface area (Å²) in [7, 11) is 1.43. The van der Waals surface area contributed by atoms with E-state index in [0.717, 1.165) is 13.0 Å². The first kappa shape index (κ1) is 15.1. The summed E-state index contributed by atoms with van der Waals surface area (Å²) < 4.78 is 4.95. The number of methoxy groups -OCH3 is 1. The lowest BCUT2D eigenvalue weighted by Crippen LogP contribution is -2.46. The molecule has 21 heavy (non-hydrogen) atoms. The van der Waals surface area contributed by atoms with E-state index in [2.05, 4.69) is 5.32 Å². The molecule has 1 unspecified atom stereocenters. The highest BCUT2D eigenvalue weighted by Gasteiger charge is 2.28. The summed E-state index contributed by atoms with van der Waals surface area (Å²) in [4.78, 5) is 25.2. The summed E-state index contributed by atoms with van der Waals surface area (Å²) in [6.45, 7) is 1.28. The molecule has 0 bridgehead atoms. The Balaban J connectivity index is 2.24. The zero-order valence-corrected chi connectivity index (χ0v) is 11.8. The third kappa shape index (κ3) is 3.43. The van der Waals surface area contributed by atoms with E-state index >= 15 is 0 Å². The fourth-order valence-corrected chi connectivity index (χ4v) is 2.43. The van der Waals surface area contributed by atoms with Crippen molar-refractivity contribution in [3.8, 4) is 11.5 Å². The molecule has 114 valence electrons. The SMILES string of the molecule is COc1ccc(C(=O)N(CC(N)=O)C2CCNC2)cc1O. The number of phenols is 1. The van der Waals surface area contributed by atoms with E-state index in [0.29, 0.717) is 12.1 Å². The maximum Gasteiger partial charge on any atom is 0.254 e. The minimum absolute atomic E-state index is 0.0748. The first-order chi connectivity index (χ1) is 10.0. The Kier molecular flexibility index (Phi) is 4.64. The van der Waals surface area contributed by atoms with Gasteiger partial charge in [-0.2, -0.15) is 0 Å². The molecule has 1 aliphatic heterocycles. The fraction of sp³-hybridized carbons (Fsp3) is 0.429. The molecule has 1 aliphatic rings. The zero-order chi connectivity index (χ0) is 15.4. The number of nitrogens with zero attached hydrogens (tertiary/aromatic N) is 1. The predicted octanol–water partition coefficient (Wildman–Crippen LogP) is -0.310. The number of aromatic hydroxyl groups is 1. The average molecular weight is 293 g/mol. The maximum absolute atomic E-state index is 12.6. The van der Waals surface area contributed by atoms with Gasteiger partial charge in [-0.25, -0.2) is 0 Å². The molecule has 7 nitrogen and oxygen atoms in total. The maximum atomic E-state index is 12.6. The molecule has 0 aromatic heterocycles. The Morgan fingerprint density at radius 2 is 2.29 bits per heavy atom. The van der Waals surface area contributed by atoms with Crippen LogP contribution >= 0.6 is 0 Å². The largest absolute Gasteiger partial charge is 0.504 e. The van der Waals surface area contributed by atoms with E-state index in [1.807, 2.05) is 0 Å². The lowest BCUT2D eigenvalue weighted by molar-refractivity contribution is -0.119. The van der Waals surface area contributed by atoms with Crippen LogP contribution in [0.15, 0.2) is 18.2 Å². The van der Waals surface area contributed by atoms with Crippen LogP contribution in [-0.4, -0.2) is 54.6 Å². The van der Waals surface area contributed by atoms with E-state index in [9.17, 15) is 14.7 Å². The molecular formula is C14H19N3O4. The summed E-state index contributed by atoms with van der Waals surface area (Å²) in [5.74, 6) is -0.726. The van der Waals surface area contributed by atoms with Crippen LogP contribution < -0.4 is 15.8 Å². The van der Waals surface area contributed by atoms with E-state index in [-0.39, 0.29) is 30.0 Å². The van der Waals surface area contributed by atoms with Gasteiger partial charge in [-0.15, -0.1) is 0 Å². The lowest BCUT2D eigenvalue weighted by atomic mass is 10.1. The van der Waals surface area contributed by atoms with Gasteiger partial charge in [0.2, 0.25) is 5.91 Å². The number of ether oxygens (including phenoxy) is 1. The highest BCUT2D eigenvalue weighted by atomic mass is 16.5. The molecule has 0 radical (unpaired) electrons. The van der Waals surface area contributed by atoms with Crippen molar-refractivity contribution in [1.82, 2.24) is 10.2 Å². The van der Waals surface area contributed by atoms with E-state index in [1.54, 1.807) is 6.07 Å². The van der Waals surface area contributed by atoms with Crippen LogP contribution in [0.2, 0.25) is 0 Å². The molecule has 2 amide bonds. The second-order valence-electron chi connectivity index (χ2n) is 4.93. The molecule has 1 aromatic carbocycles. The van der Waals surface area contributed by atoms with Gasteiger partial charge in [-0.3, -0.25) is 9.59 Å². The van der Waals surface area contributed by atoms with Crippen LogP contribution in [0.25, 0.3) is 0 Å². The van der Waals surface area contributed by atoms with Crippen molar-refractivity contribution in [2.75, 3.05) is 26.7 Å². The van der Waals surface area contributed by atoms with Crippen molar-refractivity contribution < 1.29 is 19.4 Å². The third-order valence-corrected chi connectivity index (χ3v) is 3.49. The molecule has 2 rings (SSSR count). The van der Waals surface area contributed by atoms with Crippen LogP contribution in [0.1, 0.15) is 16.8 Å². The average Bonchev–Trinajstić information content (AvgIpc) is 2.97. The van der Waals surface area contributed by atoms with Gasteiger partial charge in [0, 0.05) is 18.2 Å². The van der Waals surface area contributed by atoms with Gasteiger partial charge in [-0.1, -0.05) is 0 Å². The van der Waals surface area contributed by atoms with Crippen LogP contribution in [-0.2, 0) is 4.79 Å². The molecular weight excluding hydrogens is 274 g/mol. The van der Waals surface area contributed by atoms with E-state index in [4.69, 9.17) is 10.5 Å². The minimum Gasteiger partial charge on any atom is -0.504 e. The van der Waals surface area contributed by atoms with Crippen LogP contribution in [0, 0.1) is 0 Å². The lowest BCUT2D eigenvalue weighted by Gasteiger charge is -2.27. The van der Waals surface area contributed by atoms with Gasteiger partial charge in [0.15, 0.2) is 11.5 Å². The fourth-order valence-electron chi connectivity index (χ4n) is 2.43. The van der Waals surface area contributed by atoms with Crippen molar-refractivity contribution in [1.29, 1.82) is 0 Å². The van der Waals surface area contributed by atoms with Gasteiger partial charge < -0.3 is 25.8 Å². The molecule has 7 heteroatoms. The summed E-state index contributed by atoms with van der Waals surface area (Å²) in [5.41, 5.74) is 5.52. The number of hydrogen-bond acceptors (Lipinski definition) is 5. The number of nitrogens with one attached hydrogen (secondary N) is 1. The second-order valence-corrected chi connectivity index (χ2v) is 4.93. The quantitative estimate of drug-likeness (QED) is 0.690. The summed E-state index contributed by atoms with van der Waals surface area (Å²) in [6, 6.07) is 4.32. The smallest absolute Gasteiger partial charge is 0.254 e. The topological polar surface area (TPSA) is 105 Å². The second kappa shape index (κ2) is 6.45. The Hall–Kier alpha value is -2.28. The Bertz CT molecular complexity index is 541. The molecule has 1 saturated heterocycles. The Morgan fingerprint density at radius 1 is 1.52 bits per heavy atom. The molecule has 0 saturated carbocycles. The van der Waals surface area contributed by atoms with Gasteiger partial charge in [0.1, 0.15) is 0 Å². The first-order valence-corrected chi connectivity index (χ1v) is 6.70. The minimum atomic E-state index is -0.562. The van der Waals surface area contributed by atoms with Crippen LogP contribution in [0.5, 0.6) is 11.5 Å². The molecule has 1 aromatic rings.